The Bertz CT molecular complexity index is 922. The van der Waals surface area contributed by atoms with Gasteiger partial charge in [-0.1, -0.05) is 11.6 Å². The summed E-state index contributed by atoms with van der Waals surface area (Å²) in [4.78, 5) is 25.9. The highest BCUT2D eigenvalue weighted by molar-refractivity contribution is 7.21. The Balaban J connectivity index is 2.20. The number of hydrogen-bond donors (Lipinski definition) is 1. The number of nitro groups is 1. The Morgan fingerprint density at radius 3 is 2.73 bits per heavy atom. The zero-order valence-electron chi connectivity index (χ0n) is 10.8. The minimum Gasteiger partial charge on any atom is -0.478 e. The van der Waals surface area contributed by atoms with Crippen molar-refractivity contribution in [2.75, 3.05) is 0 Å². The Morgan fingerprint density at radius 2 is 2.05 bits per heavy atom. The van der Waals surface area contributed by atoms with Crippen LogP contribution in [0.15, 0.2) is 36.4 Å². The minimum atomic E-state index is -1.24. The van der Waals surface area contributed by atoms with Gasteiger partial charge in [0.15, 0.2) is 0 Å². The number of nitro benzene ring substituents is 1. The molecular formula is C14H7ClN2O4S. The molecule has 0 saturated carbocycles. The highest BCUT2D eigenvalue weighted by atomic mass is 35.5. The van der Waals surface area contributed by atoms with Crippen LogP contribution in [0.25, 0.3) is 20.8 Å². The average molecular weight is 335 g/mol. The first-order chi connectivity index (χ1) is 10.5. The van der Waals surface area contributed by atoms with Crippen LogP contribution in [0.5, 0.6) is 0 Å². The number of aromatic nitrogens is 1. The molecule has 0 spiro atoms. The first-order valence-corrected chi connectivity index (χ1v) is 7.23. The number of benzene rings is 2. The zero-order chi connectivity index (χ0) is 15.9. The lowest BCUT2D eigenvalue weighted by molar-refractivity contribution is -0.384. The molecule has 110 valence electrons. The second-order valence-corrected chi connectivity index (χ2v) is 5.89. The van der Waals surface area contributed by atoms with Crippen molar-refractivity contribution in [2.24, 2.45) is 0 Å². The summed E-state index contributed by atoms with van der Waals surface area (Å²) in [5.41, 5.74) is 0.572. The van der Waals surface area contributed by atoms with E-state index in [0.29, 0.717) is 21.1 Å². The SMILES string of the molecule is O=C(O)c1cc([N+](=O)[O-])ccc1-c1nc2cc(Cl)ccc2s1. The van der Waals surface area contributed by atoms with Gasteiger partial charge in [-0.25, -0.2) is 9.78 Å². The van der Waals surface area contributed by atoms with E-state index in [-0.39, 0.29) is 11.3 Å². The highest BCUT2D eigenvalue weighted by Gasteiger charge is 2.19. The van der Waals surface area contributed by atoms with Gasteiger partial charge in [0.05, 0.1) is 20.7 Å². The van der Waals surface area contributed by atoms with E-state index in [2.05, 4.69) is 4.98 Å². The Labute approximate surface area is 132 Å². The van der Waals surface area contributed by atoms with Gasteiger partial charge in [-0.2, -0.15) is 0 Å². The molecule has 6 nitrogen and oxygen atoms in total. The summed E-state index contributed by atoms with van der Waals surface area (Å²) in [6.45, 7) is 0. The molecule has 0 atom stereocenters. The molecule has 0 bridgehead atoms. The summed E-state index contributed by atoms with van der Waals surface area (Å²) in [6.07, 6.45) is 0. The number of non-ortho nitro benzene ring substituents is 1. The third-order valence-electron chi connectivity index (χ3n) is 3.02. The number of carboxylic acid groups (broad SMARTS) is 1. The molecule has 1 N–H and O–H groups in total. The Hall–Kier alpha value is -2.51. The van der Waals surface area contributed by atoms with E-state index >= 15 is 0 Å². The van der Waals surface area contributed by atoms with Crippen molar-refractivity contribution in [3.63, 3.8) is 0 Å². The number of aromatic carboxylic acids is 1. The van der Waals surface area contributed by atoms with Gasteiger partial charge < -0.3 is 5.11 Å². The maximum atomic E-state index is 11.4. The number of carbonyl (C=O) groups is 1. The van der Waals surface area contributed by atoms with Crippen molar-refractivity contribution in [3.05, 3.63) is 57.1 Å². The fourth-order valence-electron chi connectivity index (χ4n) is 2.03. The lowest BCUT2D eigenvalue weighted by Crippen LogP contribution is -2.01. The van der Waals surface area contributed by atoms with E-state index in [1.807, 2.05) is 0 Å². The lowest BCUT2D eigenvalue weighted by Gasteiger charge is -2.02. The van der Waals surface area contributed by atoms with Crippen LogP contribution in [-0.4, -0.2) is 21.0 Å². The van der Waals surface area contributed by atoms with Crippen molar-refractivity contribution in [3.8, 4) is 10.6 Å². The molecule has 1 heterocycles. The summed E-state index contributed by atoms with van der Waals surface area (Å²) in [5.74, 6) is -1.24. The van der Waals surface area contributed by atoms with E-state index < -0.39 is 10.9 Å². The predicted octanol–water partition coefficient (Wildman–Crippen LogP) is 4.22. The number of hydrogen-bond acceptors (Lipinski definition) is 5. The molecule has 3 rings (SSSR count). The molecule has 0 aliphatic carbocycles. The third kappa shape index (κ3) is 2.51. The van der Waals surface area contributed by atoms with Gasteiger partial charge in [0, 0.05) is 22.7 Å². The number of nitrogens with zero attached hydrogens (tertiary/aromatic N) is 2. The fourth-order valence-corrected chi connectivity index (χ4v) is 3.18. The number of carboxylic acids is 1. The molecule has 1 aromatic heterocycles. The second-order valence-electron chi connectivity index (χ2n) is 4.42. The number of thiazole rings is 1. The summed E-state index contributed by atoms with van der Waals surface area (Å²) in [5, 5.41) is 21.1. The standard InChI is InChI=1S/C14H7ClN2O4S/c15-7-1-4-12-11(5-7)16-13(22-12)9-3-2-8(17(20)21)6-10(9)14(18)19/h1-6H,(H,18,19). The smallest absolute Gasteiger partial charge is 0.336 e. The molecule has 0 radical (unpaired) electrons. The summed E-state index contributed by atoms with van der Waals surface area (Å²) in [7, 11) is 0. The Kier molecular flexibility index (Phi) is 3.51. The van der Waals surface area contributed by atoms with Gasteiger partial charge in [-0.3, -0.25) is 10.1 Å². The molecule has 0 fully saturated rings. The van der Waals surface area contributed by atoms with Crippen LogP contribution in [0.2, 0.25) is 5.02 Å². The van der Waals surface area contributed by atoms with Gasteiger partial charge in [0.2, 0.25) is 0 Å². The van der Waals surface area contributed by atoms with Crippen LogP contribution < -0.4 is 0 Å². The minimum absolute atomic E-state index is 0.153. The van der Waals surface area contributed by atoms with E-state index in [0.717, 1.165) is 10.8 Å². The zero-order valence-corrected chi connectivity index (χ0v) is 12.4. The van der Waals surface area contributed by atoms with Gasteiger partial charge in [0.25, 0.3) is 5.69 Å². The molecule has 2 aromatic carbocycles. The third-order valence-corrected chi connectivity index (χ3v) is 4.33. The summed E-state index contributed by atoms with van der Waals surface area (Å²) >= 11 is 7.21. The normalized spacial score (nSPS) is 10.8. The van der Waals surface area contributed by atoms with E-state index in [1.54, 1.807) is 18.2 Å². The quantitative estimate of drug-likeness (QED) is 0.571. The van der Waals surface area contributed by atoms with Crippen LogP contribution in [0.3, 0.4) is 0 Å². The van der Waals surface area contributed by atoms with Crippen molar-refractivity contribution >= 4 is 44.8 Å². The molecule has 0 amide bonds. The number of halogens is 1. The van der Waals surface area contributed by atoms with Crippen LogP contribution in [0.4, 0.5) is 5.69 Å². The number of rotatable bonds is 3. The molecule has 8 heteroatoms. The van der Waals surface area contributed by atoms with Crippen LogP contribution in [0, 0.1) is 10.1 Å². The maximum Gasteiger partial charge on any atom is 0.336 e. The average Bonchev–Trinajstić information content (AvgIpc) is 2.89. The molecular weight excluding hydrogens is 328 g/mol. The van der Waals surface area contributed by atoms with E-state index in [1.165, 1.54) is 23.5 Å². The first-order valence-electron chi connectivity index (χ1n) is 6.04. The van der Waals surface area contributed by atoms with Crippen molar-refractivity contribution in [1.29, 1.82) is 0 Å². The molecule has 0 aliphatic heterocycles. The molecule has 3 aromatic rings. The largest absolute Gasteiger partial charge is 0.478 e. The molecule has 0 saturated heterocycles. The van der Waals surface area contributed by atoms with Gasteiger partial charge >= 0.3 is 5.97 Å². The molecule has 0 aliphatic rings. The lowest BCUT2D eigenvalue weighted by atomic mass is 10.1. The van der Waals surface area contributed by atoms with E-state index in [4.69, 9.17) is 11.6 Å². The van der Waals surface area contributed by atoms with Crippen LogP contribution in [-0.2, 0) is 0 Å². The predicted molar refractivity (Wildman–Crippen MR) is 83.7 cm³/mol. The monoisotopic (exact) mass is 334 g/mol. The highest BCUT2D eigenvalue weighted by Crippen LogP contribution is 2.34. The van der Waals surface area contributed by atoms with Gasteiger partial charge in [0.1, 0.15) is 5.01 Å². The van der Waals surface area contributed by atoms with Crippen molar-refractivity contribution in [1.82, 2.24) is 4.98 Å². The summed E-state index contributed by atoms with van der Waals surface area (Å²) in [6, 6.07) is 8.91. The Morgan fingerprint density at radius 1 is 1.27 bits per heavy atom. The van der Waals surface area contributed by atoms with Crippen LogP contribution in [0.1, 0.15) is 10.4 Å². The molecule has 22 heavy (non-hydrogen) atoms. The van der Waals surface area contributed by atoms with E-state index in [9.17, 15) is 20.0 Å². The number of fused-ring (bicyclic) bond motifs is 1. The van der Waals surface area contributed by atoms with Gasteiger partial charge in [-0.15, -0.1) is 11.3 Å². The van der Waals surface area contributed by atoms with Crippen molar-refractivity contribution < 1.29 is 14.8 Å². The van der Waals surface area contributed by atoms with Crippen LogP contribution >= 0.6 is 22.9 Å². The maximum absolute atomic E-state index is 11.4. The van der Waals surface area contributed by atoms with Crippen molar-refractivity contribution in [2.45, 2.75) is 0 Å². The topological polar surface area (TPSA) is 93.3 Å². The summed E-state index contributed by atoms with van der Waals surface area (Å²) < 4.78 is 0.856. The fraction of sp³-hybridized carbons (Fsp3) is 0. The van der Waals surface area contributed by atoms with Gasteiger partial charge in [-0.05, 0) is 24.3 Å². The second kappa shape index (κ2) is 5.36. The first kappa shape index (κ1) is 14.4. The molecule has 0 unspecified atom stereocenters.